The van der Waals surface area contributed by atoms with E-state index in [1.54, 1.807) is 7.05 Å². The van der Waals surface area contributed by atoms with E-state index in [2.05, 4.69) is 17.0 Å². The summed E-state index contributed by atoms with van der Waals surface area (Å²) >= 11 is 0. The molecule has 0 saturated heterocycles. The molecule has 0 aliphatic rings. The molecule has 0 atom stereocenters. The molecule has 1 N–H and O–H groups in total. The summed E-state index contributed by atoms with van der Waals surface area (Å²) in [5, 5.41) is 2.75. The fourth-order valence-corrected chi connectivity index (χ4v) is 0. The smallest absolute Gasteiger partial charge is 0.0269 e. The first-order valence-electron chi connectivity index (χ1n) is 3.11. The quantitative estimate of drug-likeness (QED) is 0.500. The van der Waals surface area contributed by atoms with Gasteiger partial charge in [-0.3, -0.25) is 0 Å². The van der Waals surface area contributed by atoms with Gasteiger partial charge in [0.2, 0.25) is 0 Å². The second-order valence-corrected chi connectivity index (χ2v) is 2.16. The number of nitrogens with one attached hydrogen (secondary N) is 1. The maximum atomic E-state index is 3.25. The zero-order valence-corrected chi connectivity index (χ0v) is 8.10. The van der Waals surface area contributed by atoms with E-state index < -0.39 is 0 Å². The molecule has 3 heteroatoms. The summed E-state index contributed by atoms with van der Waals surface area (Å²) in [5.41, 5.74) is 0. The second kappa shape index (κ2) is 23.5. The zero-order chi connectivity index (χ0) is 8.99. The first-order chi connectivity index (χ1) is 4.56. The number of nitrogens with zero attached hydrogens (tertiary/aromatic N) is 2. The molecule has 3 nitrogen and oxygen atoms in total. The van der Waals surface area contributed by atoms with Crippen LogP contribution in [-0.4, -0.2) is 53.9 Å². The van der Waals surface area contributed by atoms with Crippen molar-refractivity contribution in [3.63, 3.8) is 0 Å². The van der Waals surface area contributed by atoms with E-state index in [1.165, 1.54) is 0 Å². The van der Waals surface area contributed by atoms with E-state index in [4.69, 9.17) is 0 Å². The highest BCUT2D eigenvalue weighted by molar-refractivity contribution is 5.22. The fourth-order valence-electron chi connectivity index (χ4n) is 0. The lowest BCUT2D eigenvalue weighted by molar-refractivity contribution is 0.505. The van der Waals surface area contributed by atoms with Crippen molar-refractivity contribution < 1.29 is 0 Å². The predicted molar refractivity (Wildman–Crippen MR) is 50.1 cm³/mol. The molecule has 0 saturated carbocycles. The molecule has 0 aromatic heterocycles. The highest BCUT2D eigenvalue weighted by Crippen LogP contribution is 1.47. The van der Waals surface area contributed by atoms with Gasteiger partial charge in [0.1, 0.15) is 0 Å². The summed E-state index contributed by atoms with van der Waals surface area (Å²) < 4.78 is 0. The van der Waals surface area contributed by atoms with Gasteiger partial charge in [-0.05, 0) is 42.0 Å². The molecular weight excluding hydrogens is 126 g/mol. The average Bonchev–Trinajstić information content (AvgIpc) is 1.65. The molecule has 0 aromatic rings. The zero-order valence-electron chi connectivity index (χ0n) is 8.10. The van der Waals surface area contributed by atoms with E-state index in [0.717, 1.165) is 0 Å². The highest BCUT2D eigenvalue weighted by atomic mass is 15.0. The van der Waals surface area contributed by atoms with Crippen LogP contribution in [0.4, 0.5) is 0 Å². The molecule has 64 valence electrons. The Labute approximate surface area is 65.1 Å². The van der Waals surface area contributed by atoms with Gasteiger partial charge in [0, 0.05) is 7.05 Å². The second-order valence-electron chi connectivity index (χ2n) is 2.16. The summed E-state index contributed by atoms with van der Waals surface area (Å²) in [6.07, 6.45) is 0. The Balaban J connectivity index is -0.0000000750. The van der Waals surface area contributed by atoms with E-state index in [0.29, 0.717) is 0 Å². The fraction of sp³-hybridized carbons (Fsp3) is 0.857. The molecule has 10 heavy (non-hydrogen) atoms. The Morgan fingerprint density at radius 3 is 1.20 bits per heavy atom. The largest absolute Gasteiger partial charge is 0.323 e. The SMILES string of the molecule is C=NC.CN(C)C.CNC. The third kappa shape index (κ3) is 1960. The van der Waals surface area contributed by atoms with Gasteiger partial charge >= 0.3 is 0 Å². The minimum Gasteiger partial charge on any atom is -0.323 e. The number of rotatable bonds is 0. The average molecular weight is 147 g/mol. The van der Waals surface area contributed by atoms with Crippen LogP contribution in [0.3, 0.4) is 0 Å². The van der Waals surface area contributed by atoms with Crippen molar-refractivity contribution >= 4 is 6.72 Å². The number of hydrogen-bond donors (Lipinski definition) is 1. The van der Waals surface area contributed by atoms with E-state index in [-0.39, 0.29) is 0 Å². The van der Waals surface area contributed by atoms with Gasteiger partial charge in [0.25, 0.3) is 0 Å². The van der Waals surface area contributed by atoms with Crippen LogP contribution < -0.4 is 5.32 Å². The Morgan fingerprint density at radius 1 is 1.20 bits per heavy atom. The Hall–Kier alpha value is -0.410. The first kappa shape index (κ1) is 16.3. The number of aliphatic imine (C=N–C) groups is 1. The van der Waals surface area contributed by atoms with Crippen LogP contribution in [0.25, 0.3) is 0 Å². The Kier molecular flexibility index (Phi) is 38.3. The Morgan fingerprint density at radius 2 is 1.20 bits per heavy atom. The monoisotopic (exact) mass is 147 g/mol. The van der Waals surface area contributed by atoms with Crippen molar-refractivity contribution in [1.82, 2.24) is 10.2 Å². The molecule has 0 amide bonds. The van der Waals surface area contributed by atoms with E-state index >= 15 is 0 Å². The van der Waals surface area contributed by atoms with Gasteiger partial charge in [-0.15, -0.1) is 0 Å². The van der Waals surface area contributed by atoms with E-state index in [9.17, 15) is 0 Å². The maximum absolute atomic E-state index is 3.25. The first-order valence-corrected chi connectivity index (χ1v) is 3.11. The van der Waals surface area contributed by atoms with Crippen LogP contribution >= 0.6 is 0 Å². The van der Waals surface area contributed by atoms with Crippen LogP contribution in [0.15, 0.2) is 4.99 Å². The van der Waals surface area contributed by atoms with Crippen LogP contribution in [0.2, 0.25) is 0 Å². The lowest BCUT2D eigenvalue weighted by Gasteiger charge is -1.90. The Bertz CT molecular complexity index is 41.4. The van der Waals surface area contributed by atoms with Crippen molar-refractivity contribution in [2.45, 2.75) is 0 Å². The minimum atomic E-state index is 1.64. The van der Waals surface area contributed by atoms with Crippen LogP contribution in [0.5, 0.6) is 0 Å². The van der Waals surface area contributed by atoms with Crippen molar-refractivity contribution in [2.75, 3.05) is 42.3 Å². The minimum absolute atomic E-state index is 1.64. The molecule has 0 aliphatic heterocycles. The molecule has 0 rings (SSSR count). The lowest BCUT2D eigenvalue weighted by Crippen LogP contribution is -1.99. The van der Waals surface area contributed by atoms with Gasteiger partial charge < -0.3 is 15.2 Å². The van der Waals surface area contributed by atoms with Crippen molar-refractivity contribution in [3.05, 3.63) is 0 Å². The summed E-state index contributed by atoms with van der Waals surface area (Å²) in [7, 11) is 11.4. The van der Waals surface area contributed by atoms with E-state index in [1.807, 2.05) is 40.1 Å². The van der Waals surface area contributed by atoms with Crippen molar-refractivity contribution in [2.24, 2.45) is 4.99 Å². The van der Waals surface area contributed by atoms with Gasteiger partial charge in [-0.1, -0.05) is 0 Å². The maximum Gasteiger partial charge on any atom is 0.0269 e. The molecule has 0 bridgehead atoms. The number of hydrogen-bond acceptors (Lipinski definition) is 3. The third-order valence-corrected chi connectivity index (χ3v) is 0. The molecular formula is C7H21N3. The molecule has 0 unspecified atom stereocenters. The molecule has 0 fully saturated rings. The van der Waals surface area contributed by atoms with Crippen LogP contribution in [0, 0.1) is 0 Å². The summed E-state index contributed by atoms with van der Waals surface area (Å²) in [6.45, 7) is 3.11. The molecule has 0 spiro atoms. The normalized spacial score (nSPS) is 6.70. The summed E-state index contributed by atoms with van der Waals surface area (Å²) in [6, 6.07) is 0. The van der Waals surface area contributed by atoms with Crippen LogP contribution in [0.1, 0.15) is 0 Å². The lowest BCUT2D eigenvalue weighted by atomic mass is 11.0. The molecule has 0 radical (unpaired) electrons. The van der Waals surface area contributed by atoms with Crippen molar-refractivity contribution in [3.8, 4) is 0 Å². The molecule has 0 aromatic carbocycles. The highest BCUT2D eigenvalue weighted by Gasteiger charge is 1.58. The summed E-state index contributed by atoms with van der Waals surface area (Å²) in [5.74, 6) is 0. The third-order valence-electron chi connectivity index (χ3n) is 0. The predicted octanol–water partition coefficient (Wildman–Crippen LogP) is 0.330. The van der Waals surface area contributed by atoms with Gasteiger partial charge in [0.05, 0.1) is 0 Å². The summed E-state index contributed by atoms with van der Waals surface area (Å²) in [4.78, 5) is 5.25. The van der Waals surface area contributed by atoms with Gasteiger partial charge in [0.15, 0.2) is 0 Å². The molecule has 0 aliphatic carbocycles. The van der Waals surface area contributed by atoms with Crippen molar-refractivity contribution in [1.29, 1.82) is 0 Å². The van der Waals surface area contributed by atoms with Gasteiger partial charge in [-0.2, -0.15) is 0 Å². The topological polar surface area (TPSA) is 27.6 Å². The molecule has 0 heterocycles. The van der Waals surface area contributed by atoms with Crippen LogP contribution in [-0.2, 0) is 0 Å². The van der Waals surface area contributed by atoms with Gasteiger partial charge in [-0.25, -0.2) is 0 Å². The standard InChI is InChI=1S/C3H9N.C2H7N.C2H5N/c1-4(2)3;2*1-3-2/h1-3H3;3H,1-2H3;1H2,2H3.